The van der Waals surface area contributed by atoms with E-state index in [2.05, 4.69) is 30.0 Å². The average Bonchev–Trinajstić information content (AvgIpc) is 2.42. The number of benzene rings is 2. The van der Waals surface area contributed by atoms with Gasteiger partial charge in [-0.15, -0.1) is 0 Å². The van der Waals surface area contributed by atoms with E-state index in [1.165, 1.54) is 5.56 Å². The fourth-order valence-electron chi connectivity index (χ4n) is 2.33. The van der Waals surface area contributed by atoms with Gasteiger partial charge in [-0.2, -0.15) is 0 Å². The van der Waals surface area contributed by atoms with Crippen LogP contribution in [0.2, 0.25) is 10.0 Å². The predicted octanol–water partition coefficient (Wildman–Crippen LogP) is 4.44. The minimum atomic E-state index is -0.0574. The second-order valence-corrected chi connectivity index (χ2v) is 5.65. The number of anilines is 1. The van der Waals surface area contributed by atoms with Gasteiger partial charge in [0.1, 0.15) is 0 Å². The van der Waals surface area contributed by atoms with Crippen molar-refractivity contribution >= 4 is 28.9 Å². The second kappa shape index (κ2) is 6.49. The maximum Gasteiger partial charge on any atom is 0.0690 e. The molecule has 0 amide bonds. The van der Waals surface area contributed by atoms with Crippen LogP contribution in [0.3, 0.4) is 0 Å². The van der Waals surface area contributed by atoms with Gasteiger partial charge < -0.3 is 10.6 Å². The molecule has 2 rings (SSSR count). The Morgan fingerprint density at radius 2 is 1.70 bits per heavy atom. The summed E-state index contributed by atoms with van der Waals surface area (Å²) < 4.78 is 0. The topological polar surface area (TPSA) is 29.3 Å². The van der Waals surface area contributed by atoms with Crippen molar-refractivity contribution in [2.75, 3.05) is 18.5 Å². The molecule has 0 aromatic heterocycles. The third-order valence-electron chi connectivity index (χ3n) is 3.43. The maximum absolute atomic E-state index is 6.30. The molecule has 0 radical (unpaired) electrons. The molecule has 0 spiro atoms. The van der Waals surface area contributed by atoms with E-state index in [0.717, 1.165) is 11.3 Å². The van der Waals surface area contributed by atoms with Crippen molar-refractivity contribution in [3.8, 4) is 0 Å². The average molecular weight is 309 g/mol. The normalized spacial score (nSPS) is 12.2. The van der Waals surface area contributed by atoms with Crippen LogP contribution in [0.25, 0.3) is 0 Å². The zero-order valence-corrected chi connectivity index (χ0v) is 13.1. The quantitative estimate of drug-likeness (QED) is 0.905. The maximum atomic E-state index is 6.30. The minimum Gasteiger partial charge on any atom is -0.366 e. The van der Waals surface area contributed by atoms with Crippen LogP contribution in [0, 0.1) is 6.92 Å². The van der Waals surface area contributed by atoms with E-state index in [1.54, 1.807) is 0 Å². The molecule has 0 aliphatic rings. The van der Waals surface area contributed by atoms with Gasteiger partial charge in [-0.3, -0.25) is 0 Å². The lowest BCUT2D eigenvalue weighted by Gasteiger charge is -2.31. The third kappa shape index (κ3) is 3.09. The summed E-state index contributed by atoms with van der Waals surface area (Å²) >= 11 is 12.6. The van der Waals surface area contributed by atoms with Crippen molar-refractivity contribution in [2.45, 2.75) is 13.0 Å². The molecule has 0 saturated carbocycles. The van der Waals surface area contributed by atoms with Crippen molar-refractivity contribution in [1.82, 2.24) is 0 Å². The Hall–Kier alpha value is -1.22. The lowest BCUT2D eigenvalue weighted by atomic mass is 10.0. The summed E-state index contributed by atoms with van der Waals surface area (Å²) in [6.45, 7) is 2.51. The van der Waals surface area contributed by atoms with Gasteiger partial charge in [0.2, 0.25) is 0 Å². The van der Waals surface area contributed by atoms with E-state index in [-0.39, 0.29) is 6.04 Å². The summed E-state index contributed by atoms with van der Waals surface area (Å²) in [5.41, 5.74) is 9.14. The lowest BCUT2D eigenvalue weighted by molar-refractivity contribution is 0.681. The van der Waals surface area contributed by atoms with Gasteiger partial charge in [-0.1, -0.05) is 41.4 Å². The SMILES string of the molecule is Cc1cccc(N(C)C(CN)c2c(Cl)cccc2Cl)c1. The summed E-state index contributed by atoms with van der Waals surface area (Å²) in [5, 5.41) is 1.29. The molecule has 1 atom stereocenters. The monoisotopic (exact) mass is 308 g/mol. The van der Waals surface area contributed by atoms with Gasteiger partial charge in [0.05, 0.1) is 6.04 Å². The van der Waals surface area contributed by atoms with Crippen LogP contribution in [-0.2, 0) is 0 Å². The summed E-state index contributed by atoms with van der Waals surface area (Å²) in [4.78, 5) is 2.11. The fourth-order valence-corrected chi connectivity index (χ4v) is 2.98. The molecule has 4 heteroatoms. The molecular weight excluding hydrogens is 291 g/mol. The molecule has 0 aliphatic carbocycles. The molecule has 0 aliphatic heterocycles. The Morgan fingerprint density at radius 3 is 2.25 bits per heavy atom. The molecule has 0 fully saturated rings. The summed E-state index contributed by atoms with van der Waals surface area (Å²) in [6, 6.07) is 13.7. The van der Waals surface area contributed by atoms with Gasteiger partial charge in [0.15, 0.2) is 0 Å². The van der Waals surface area contributed by atoms with E-state index >= 15 is 0 Å². The van der Waals surface area contributed by atoms with Gasteiger partial charge in [0.25, 0.3) is 0 Å². The van der Waals surface area contributed by atoms with Crippen LogP contribution in [0.4, 0.5) is 5.69 Å². The van der Waals surface area contributed by atoms with Crippen LogP contribution in [0.1, 0.15) is 17.2 Å². The Kier molecular flexibility index (Phi) is 4.92. The van der Waals surface area contributed by atoms with Crippen LogP contribution >= 0.6 is 23.2 Å². The molecule has 20 heavy (non-hydrogen) atoms. The Balaban J connectivity index is 2.42. The zero-order chi connectivity index (χ0) is 14.7. The summed E-state index contributed by atoms with van der Waals surface area (Å²) in [5.74, 6) is 0. The number of halogens is 2. The molecule has 106 valence electrons. The Bertz CT molecular complexity index is 579. The van der Waals surface area contributed by atoms with Gasteiger partial charge in [-0.05, 0) is 36.8 Å². The number of hydrogen-bond donors (Lipinski definition) is 1. The number of nitrogens with two attached hydrogens (primary N) is 1. The minimum absolute atomic E-state index is 0.0574. The highest BCUT2D eigenvalue weighted by Crippen LogP contribution is 2.34. The summed E-state index contributed by atoms with van der Waals surface area (Å²) in [7, 11) is 2.01. The largest absolute Gasteiger partial charge is 0.366 e. The first kappa shape index (κ1) is 15.2. The van der Waals surface area contributed by atoms with Gasteiger partial charge in [-0.25, -0.2) is 0 Å². The highest BCUT2D eigenvalue weighted by atomic mass is 35.5. The number of likely N-dealkylation sites (N-methyl/N-ethyl adjacent to an activating group) is 1. The molecule has 2 aromatic rings. The van der Waals surface area contributed by atoms with Crippen LogP contribution in [0.5, 0.6) is 0 Å². The Labute approximate surface area is 130 Å². The number of aryl methyl sites for hydroxylation is 1. The van der Waals surface area contributed by atoms with Crippen LogP contribution in [0.15, 0.2) is 42.5 Å². The van der Waals surface area contributed by atoms with E-state index < -0.39 is 0 Å². The van der Waals surface area contributed by atoms with Crippen molar-refractivity contribution in [3.63, 3.8) is 0 Å². The first-order chi connectivity index (χ1) is 9.54. The second-order valence-electron chi connectivity index (χ2n) is 4.84. The first-order valence-corrected chi connectivity index (χ1v) is 7.23. The third-order valence-corrected chi connectivity index (χ3v) is 4.09. The molecule has 0 bridgehead atoms. The van der Waals surface area contributed by atoms with E-state index in [4.69, 9.17) is 28.9 Å². The molecular formula is C16H18Cl2N2. The van der Waals surface area contributed by atoms with E-state index in [1.807, 2.05) is 31.3 Å². The number of hydrogen-bond acceptors (Lipinski definition) is 2. The van der Waals surface area contributed by atoms with Gasteiger partial charge in [0, 0.05) is 34.9 Å². The Morgan fingerprint density at radius 1 is 1.10 bits per heavy atom. The van der Waals surface area contributed by atoms with Crippen molar-refractivity contribution in [3.05, 3.63) is 63.6 Å². The molecule has 2 nitrogen and oxygen atoms in total. The molecule has 2 N–H and O–H groups in total. The van der Waals surface area contributed by atoms with E-state index in [9.17, 15) is 0 Å². The zero-order valence-electron chi connectivity index (χ0n) is 11.6. The van der Waals surface area contributed by atoms with Crippen LogP contribution in [-0.4, -0.2) is 13.6 Å². The standard InChI is InChI=1S/C16H18Cl2N2/c1-11-5-3-6-12(9-11)20(2)15(10-19)16-13(17)7-4-8-14(16)18/h3-9,15H,10,19H2,1-2H3. The van der Waals surface area contributed by atoms with Crippen molar-refractivity contribution in [2.24, 2.45) is 5.73 Å². The predicted molar refractivity (Wildman–Crippen MR) is 87.8 cm³/mol. The van der Waals surface area contributed by atoms with E-state index in [0.29, 0.717) is 16.6 Å². The van der Waals surface area contributed by atoms with Crippen LogP contribution < -0.4 is 10.6 Å². The molecule has 1 unspecified atom stereocenters. The highest BCUT2D eigenvalue weighted by Gasteiger charge is 2.21. The van der Waals surface area contributed by atoms with Crippen molar-refractivity contribution < 1.29 is 0 Å². The fraction of sp³-hybridized carbons (Fsp3) is 0.250. The highest BCUT2D eigenvalue weighted by molar-refractivity contribution is 6.36. The van der Waals surface area contributed by atoms with Gasteiger partial charge >= 0.3 is 0 Å². The smallest absolute Gasteiger partial charge is 0.0690 e. The molecule has 2 aromatic carbocycles. The first-order valence-electron chi connectivity index (χ1n) is 6.48. The molecule has 0 heterocycles. The lowest BCUT2D eigenvalue weighted by Crippen LogP contribution is -2.31. The van der Waals surface area contributed by atoms with Crippen molar-refractivity contribution in [1.29, 1.82) is 0 Å². The molecule has 0 saturated heterocycles. The number of rotatable bonds is 4. The number of nitrogens with zero attached hydrogens (tertiary/aromatic N) is 1. The summed E-state index contributed by atoms with van der Waals surface area (Å²) in [6.07, 6.45) is 0.